The van der Waals surface area contributed by atoms with Crippen molar-refractivity contribution >= 4 is 21.7 Å². The first-order chi connectivity index (χ1) is 9.85. The fourth-order valence-corrected chi connectivity index (χ4v) is 4.30. The normalized spacial score (nSPS) is 22.0. The van der Waals surface area contributed by atoms with Crippen LogP contribution in [0.2, 0.25) is 0 Å². The Kier molecular flexibility index (Phi) is 4.46. The highest BCUT2D eigenvalue weighted by Gasteiger charge is 2.42. The molecule has 2 atom stereocenters. The summed E-state index contributed by atoms with van der Waals surface area (Å²) in [4.78, 5) is 11.6. The Hall–Kier alpha value is -1.70. The second-order valence-corrected chi connectivity index (χ2v) is 6.77. The lowest BCUT2D eigenvalue weighted by Crippen LogP contribution is -2.35. The van der Waals surface area contributed by atoms with Crippen LogP contribution in [0.1, 0.15) is 19.3 Å². The van der Waals surface area contributed by atoms with E-state index in [1.807, 2.05) is 0 Å². The second kappa shape index (κ2) is 5.97. The Labute approximate surface area is 121 Å². The molecule has 5 nitrogen and oxygen atoms in total. The van der Waals surface area contributed by atoms with Gasteiger partial charge in [-0.1, -0.05) is 6.42 Å². The molecule has 0 bridgehead atoms. The zero-order valence-corrected chi connectivity index (χ0v) is 12.1. The summed E-state index contributed by atoms with van der Waals surface area (Å²) in [5.41, 5.74) is -0.341. The number of anilines is 1. The van der Waals surface area contributed by atoms with Gasteiger partial charge in [0, 0.05) is 6.07 Å². The number of sulfonamides is 1. The van der Waals surface area contributed by atoms with Gasteiger partial charge in [-0.2, -0.15) is 0 Å². The predicted molar refractivity (Wildman–Crippen MR) is 72.0 cm³/mol. The molecule has 1 aliphatic carbocycles. The number of ether oxygens (including phenoxy) is 1. The minimum Gasteiger partial charge on any atom is -0.469 e. The van der Waals surface area contributed by atoms with Gasteiger partial charge in [0.1, 0.15) is 11.6 Å². The molecule has 1 aromatic rings. The molecule has 8 heteroatoms. The zero-order chi connectivity index (χ0) is 15.6. The average molecular weight is 319 g/mol. The Morgan fingerprint density at radius 3 is 2.67 bits per heavy atom. The monoisotopic (exact) mass is 319 g/mol. The first-order valence-corrected chi connectivity index (χ1v) is 7.94. The summed E-state index contributed by atoms with van der Waals surface area (Å²) >= 11 is 0. The maximum absolute atomic E-state index is 13.5. The summed E-state index contributed by atoms with van der Waals surface area (Å²) in [5.74, 6) is -3.17. The number of hydrogen-bond acceptors (Lipinski definition) is 4. The highest BCUT2D eigenvalue weighted by atomic mass is 32.2. The molecule has 2 rings (SSSR count). The van der Waals surface area contributed by atoms with Crippen molar-refractivity contribution in [2.75, 3.05) is 11.8 Å². The molecule has 0 amide bonds. The molecule has 0 aromatic heterocycles. The van der Waals surface area contributed by atoms with E-state index in [0.717, 1.165) is 12.1 Å². The van der Waals surface area contributed by atoms with Crippen molar-refractivity contribution in [1.82, 2.24) is 0 Å². The third kappa shape index (κ3) is 3.31. The van der Waals surface area contributed by atoms with E-state index in [1.165, 1.54) is 7.11 Å². The van der Waals surface area contributed by atoms with Crippen molar-refractivity contribution in [1.29, 1.82) is 0 Å². The molecule has 1 N–H and O–H groups in total. The molecule has 0 saturated heterocycles. The third-order valence-corrected chi connectivity index (χ3v) is 5.40. The Balaban J connectivity index is 2.23. The molecule has 1 saturated carbocycles. The lowest BCUT2D eigenvalue weighted by Gasteiger charge is -2.19. The van der Waals surface area contributed by atoms with Crippen LogP contribution in [0, 0.1) is 17.6 Å². The summed E-state index contributed by atoms with van der Waals surface area (Å²) in [6, 6.07) is 2.54. The summed E-state index contributed by atoms with van der Waals surface area (Å²) < 4.78 is 57.6. The molecule has 2 unspecified atom stereocenters. The molecular weight excluding hydrogens is 304 g/mol. The highest BCUT2D eigenvalue weighted by Crippen LogP contribution is 2.33. The number of benzene rings is 1. The molecule has 1 fully saturated rings. The van der Waals surface area contributed by atoms with Gasteiger partial charge in [0.25, 0.3) is 0 Å². The molecule has 1 aliphatic rings. The standard InChI is InChI=1S/C13H15F2NO4S/c1-20-13(17)9-3-2-4-12(9)21(18,19)16-11-6-5-8(14)7-10(11)15/h5-7,9,12,16H,2-4H2,1H3. The van der Waals surface area contributed by atoms with Crippen LogP contribution < -0.4 is 4.72 Å². The van der Waals surface area contributed by atoms with Gasteiger partial charge in [-0.25, -0.2) is 17.2 Å². The van der Waals surface area contributed by atoms with Gasteiger partial charge in [0.05, 0.1) is 24.0 Å². The summed E-state index contributed by atoms with van der Waals surface area (Å²) in [6.07, 6.45) is 1.26. The minimum atomic E-state index is -3.97. The van der Waals surface area contributed by atoms with Gasteiger partial charge in [0.2, 0.25) is 10.0 Å². The van der Waals surface area contributed by atoms with Crippen LogP contribution in [-0.2, 0) is 19.6 Å². The van der Waals surface area contributed by atoms with E-state index >= 15 is 0 Å². The minimum absolute atomic E-state index is 0.290. The fourth-order valence-electron chi connectivity index (χ4n) is 2.52. The van der Waals surface area contributed by atoms with Crippen molar-refractivity contribution in [3.63, 3.8) is 0 Å². The average Bonchev–Trinajstić information content (AvgIpc) is 2.91. The van der Waals surface area contributed by atoms with Crippen molar-refractivity contribution in [3.05, 3.63) is 29.8 Å². The number of carbonyl (C=O) groups excluding carboxylic acids is 1. The molecule has 21 heavy (non-hydrogen) atoms. The fraction of sp³-hybridized carbons (Fsp3) is 0.462. The molecule has 0 spiro atoms. The zero-order valence-electron chi connectivity index (χ0n) is 11.3. The van der Waals surface area contributed by atoms with Gasteiger partial charge in [-0.05, 0) is 25.0 Å². The molecule has 0 radical (unpaired) electrons. The van der Waals surface area contributed by atoms with Crippen LogP contribution >= 0.6 is 0 Å². The van der Waals surface area contributed by atoms with Gasteiger partial charge in [-0.15, -0.1) is 0 Å². The van der Waals surface area contributed by atoms with Gasteiger partial charge < -0.3 is 4.74 Å². The number of hydrogen-bond donors (Lipinski definition) is 1. The van der Waals surface area contributed by atoms with E-state index in [-0.39, 0.29) is 12.1 Å². The summed E-state index contributed by atoms with van der Waals surface area (Å²) in [6.45, 7) is 0. The van der Waals surface area contributed by atoms with Crippen molar-refractivity contribution in [2.45, 2.75) is 24.5 Å². The van der Waals surface area contributed by atoms with E-state index in [9.17, 15) is 22.0 Å². The lowest BCUT2D eigenvalue weighted by molar-refractivity contribution is -0.145. The lowest BCUT2D eigenvalue weighted by atomic mass is 10.1. The van der Waals surface area contributed by atoms with Crippen molar-refractivity contribution in [3.8, 4) is 0 Å². The van der Waals surface area contributed by atoms with Crippen LogP contribution in [0.15, 0.2) is 18.2 Å². The van der Waals surface area contributed by atoms with Gasteiger partial charge in [0.15, 0.2) is 0 Å². The highest BCUT2D eigenvalue weighted by molar-refractivity contribution is 7.93. The van der Waals surface area contributed by atoms with Crippen LogP contribution in [0.5, 0.6) is 0 Å². The number of rotatable bonds is 4. The molecule has 1 aromatic carbocycles. The number of halogens is 2. The van der Waals surface area contributed by atoms with E-state index in [0.29, 0.717) is 18.9 Å². The maximum atomic E-state index is 13.5. The molecule has 0 heterocycles. The Morgan fingerprint density at radius 1 is 1.33 bits per heavy atom. The Bertz CT molecular complexity index is 648. The Morgan fingerprint density at radius 2 is 2.05 bits per heavy atom. The molecule has 0 aliphatic heterocycles. The first kappa shape index (κ1) is 15.7. The second-order valence-electron chi connectivity index (χ2n) is 4.87. The van der Waals surface area contributed by atoms with E-state index < -0.39 is 38.8 Å². The molecule has 116 valence electrons. The van der Waals surface area contributed by atoms with Crippen LogP contribution in [0.4, 0.5) is 14.5 Å². The van der Waals surface area contributed by atoms with Crippen LogP contribution in [0.25, 0.3) is 0 Å². The van der Waals surface area contributed by atoms with E-state index in [2.05, 4.69) is 9.46 Å². The van der Waals surface area contributed by atoms with Crippen molar-refractivity contribution < 1.29 is 26.7 Å². The predicted octanol–water partition coefficient (Wildman–Crippen LogP) is 2.05. The summed E-state index contributed by atoms with van der Waals surface area (Å²) in [7, 11) is -2.77. The number of esters is 1. The maximum Gasteiger partial charge on any atom is 0.310 e. The SMILES string of the molecule is COC(=O)C1CCCC1S(=O)(=O)Nc1ccc(F)cc1F. The number of methoxy groups -OCH3 is 1. The number of carbonyl (C=O) groups is 1. The smallest absolute Gasteiger partial charge is 0.310 e. The topological polar surface area (TPSA) is 72.5 Å². The molecular formula is C13H15F2NO4S. The largest absolute Gasteiger partial charge is 0.469 e. The summed E-state index contributed by atoms with van der Waals surface area (Å²) in [5, 5.41) is -0.977. The third-order valence-electron chi connectivity index (χ3n) is 3.54. The van der Waals surface area contributed by atoms with Crippen LogP contribution in [0.3, 0.4) is 0 Å². The van der Waals surface area contributed by atoms with Crippen molar-refractivity contribution in [2.24, 2.45) is 5.92 Å². The van der Waals surface area contributed by atoms with E-state index in [4.69, 9.17) is 0 Å². The van der Waals surface area contributed by atoms with Gasteiger partial charge >= 0.3 is 5.97 Å². The quantitative estimate of drug-likeness (QED) is 0.862. The van der Waals surface area contributed by atoms with Gasteiger partial charge in [-0.3, -0.25) is 9.52 Å². The first-order valence-electron chi connectivity index (χ1n) is 6.39. The van der Waals surface area contributed by atoms with E-state index in [1.54, 1.807) is 0 Å². The van der Waals surface area contributed by atoms with Crippen LogP contribution in [-0.4, -0.2) is 26.7 Å². The number of nitrogens with one attached hydrogen (secondary N) is 1.